The third kappa shape index (κ3) is 2.65. The zero-order chi connectivity index (χ0) is 13.0. The third-order valence-corrected chi connectivity index (χ3v) is 3.76. The van der Waals surface area contributed by atoms with Gasteiger partial charge >= 0.3 is 0 Å². The fourth-order valence-electron chi connectivity index (χ4n) is 2.48. The average molecular weight is 268 g/mol. The number of carbonyl (C=O) groups excluding carboxylic acids is 1. The Morgan fingerprint density at radius 1 is 1.67 bits per heavy atom. The van der Waals surface area contributed by atoms with E-state index in [0.29, 0.717) is 10.8 Å². The first-order valence-electron chi connectivity index (χ1n) is 6.31. The molecule has 1 aliphatic heterocycles. The van der Waals surface area contributed by atoms with E-state index < -0.39 is 0 Å². The Balaban J connectivity index is 2.13. The molecule has 1 saturated heterocycles. The predicted octanol–water partition coefficient (Wildman–Crippen LogP) is 2.45. The van der Waals surface area contributed by atoms with E-state index in [2.05, 4.69) is 22.5 Å². The molecule has 0 radical (unpaired) electrons. The van der Waals surface area contributed by atoms with Crippen LogP contribution in [0.5, 0.6) is 0 Å². The molecule has 1 amide bonds. The maximum Gasteiger partial charge on any atom is 0.232 e. The fraction of sp³-hybridized carbons (Fsp3) is 0.538. The second kappa shape index (κ2) is 5.67. The lowest BCUT2D eigenvalue weighted by molar-refractivity contribution is -0.125. The first kappa shape index (κ1) is 13.3. The number of amides is 1. The van der Waals surface area contributed by atoms with Crippen LogP contribution in [0.1, 0.15) is 26.2 Å². The van der Waals surface area contributed by atoms with Crippen molar-refractivity contribution in [2.75, 3.05) is 18.4 Å². The minimum absolute atomic E-state index is 0.0456. The summed E-state index contributed by atoms with van der Waals surface area (Å²) in [6.07, 6.45) is 4.38. The number of nitrogens with zero attached hydrogens (tertiary/aromatic N) is 1. The van der Waals surface area contributed by atoms with Crippen molar-refractivity contribution in [3.05, 3.63) is 23.5 Å². The minimum atomic E-state index is -0.298. The molecule has 1 unspecified atom stereocenters. The molecule has 0 spiro atoms. The maximum absolute atomic E-state index is 12.4. The van der Waals surface area contributed by atoms with Crippen LogP contribution in [0.15, 0.2) is 18.3 Å². The van der Waals surface area contributed by atoms with Crippen molar-refractivity contribution in [1.29, 1.82) is 0 Å². The Morgan fingerprint density at radius 3 is 3.11 bits per heavy atom. The number of rotatable bonds is 4. The van der Waals surface area contributed by atoms with E-state index >= 15 is 0 Å². The largest absolute Gasteiger partial charge is 0.323 e. The zero-order valence-corrected chi connectivity index (χ0v) is 11.3. The normalized spacial score (nSPS) is 23.0. The van der Waals surface area contributed by atoms with E-state index in [0.717, 1.165) is 32.4 Å². The summed E-state index contributed by atoms with van der Waals surface area (Å²) in [7, 11) is 0. The lowest BCUT2D eigenvalue weighted by Crippen LogP contribution is -2.38. The highest BCUT2D eigenvalue weighted by Crippen LogP contribution is 2.33. The highest BCUT2D eigenvalue weighted by atomic mass is 35.5. The van der Waals surface area contributed by atoms with E-state index in [1.807, 2.05) is 0 Å². The summed E-state index contributed by atoms with van der Waals surface area (Å²) < 4.78 is 0. The monoisotopic (exact) mass is 267 g/mol. The van der Waals surface area contributed by atoms with Gasteiger partial charge in [0, 0.05) is 12.7 Å². The summed E-state index contributed by atoms with van der Waals surface area (Å²) in [5.74, 6) is 0.0456. The molecule has 0 aliphatic carbocycles. The second-order valence-corrected chi connectivity index (χ2v) is 5.11. The van der Waals surface area contributed by atoms with Crippen molar-refractivity contribution in [2.45, 2.75) is 26.2 Å². The second-order valence-electron chi connectivity index (χ2n) is 4.75. The van der Waals surface area contributed by atoms with Gasteiger partial charge in [-0.2, -0.15) is 0 Å². The average Bonchev–Trinajstić information content (AvgIpc) is 2.82. The molecule has 1 aliphatic rings. The van der Waals surface area contributed by atoms with E-state index in [1.165, 1.54) is 0 Å². The Bertz CT molecular complexity index is 430. The van der Waals surface area contributed by atoms with Crippen LogP contribution in [0.3, 0.4) is 0 Å². The van der Waals surface area contributed by atoms with Gasteiger partial charge in [-0.25, -0.2) is 4.98 Å². The van der Waals surface area contributed by atoms with Gasteiger partial charge in [-0.3, -0.25) is 4.79 Å². The highest BCUT2D eigenvalue weighted by Gasteiger charge is 2.40. The van der Waals surface area contributed by atoms with Crippen molar-refractivity contribution < 1.29 is 4.79 Å². The van der Waals surface area contributed by atoms with Gasteiger partial charge in [0.05, 0.1) is 11.1 Å². The summed E-state index contributed by atoms with van der Waals surface area (Å²) in [6, 6.07) is 3.54. The number of aromatic nitrogens is 1. The van der Waals surface area contributed by atoms with Gasteiger partial charge in [-0.15, -0.1) is 0 Å². The molecule has 98 valence electrons. The summed E-state index contributed by atoms with van der Waals surface area (Å²) in [6.45, 7) is 3.74. The van der Waals surface area contributed by atoms with Crippen LogP contribution in [-0.4, -0.2) is 24.0 Å². The molecule has 1 aromatic rings. The van der Waals surface area contributed by atoms with Gasteiger partial charge in [0.25, 0.3) is 0 Å². The van der Waals surface area contributed by atoms with Crippen LogP contribution in [-0.2, 0) is 4.79 Å². The number of carbonyl (C=O) groups is 1. The predicted molar refractivity (Wildman–Crippen MR) is 72.7 cm³/mol. The van der Waals surface area contributed by atoms with Crippen molar-refractivity contribution in [2.24, 2.45) is 5.41 Å². The SMILES string of the molecule is CCCC1(C(=O)Nc2cccnc2Cl)CCNC1. The molecule has 1 fully saturated rings. The van der Waals surface area contributed by atoms with Crippen LogP contribution in [0, 0.1) is 5.41 Å². The van der Waals surface area contributed by atoms with Gasteiger partial charge in [0.1, 0.15) is 0 Å². The quantitative estimate of drug-likeness (QED) is 0.824. The first-order chi connectivity index (χ1) is 8.68. The van der Waals surface area contributed by atoms with Crippen molar-refractivity contribution in [3.8, 4) is 0 Å². The summed E-state index contributed by atoms with van der Waals surface area (Å²) in [5.41, 5.74) is 0.292. The molecule has 0 bridgehead atoms. The van der Waals surface area contributed by atoms with Crippen LogP contribution in [0.2, 0.25) is 5.15 Å². The molecule has 4 nitrogen and oxygen atoms in total. The Labute approximate surface area is 112 Å². The minimum Gasteiger partial charge on any atom is -0.323 e. The van der Waals surface area contributed by atoms with Gasteiger partial charge in [-0.1, -0.05) is 24.9 Å². The summed E-state index contributed by atoms with van der Waals surface area (Å²) >= 11 is 5.96. The number of anilines is 1. The summed E-state index contributed by atoms with van der Waals surface area (Å²) in [5, 5.41) is 6.51. The molecule has 18 heavy (non-hydrogen) atoms. The van der Waals surface area contributed by atoms with E-state index in [1.54, 1.807) is 18.3 Å². The maximum atomic E-state index is 12.4. The van der Waals surface area contributed by atoms with E-state index in [9.17, 15) is 4.79 Å². The number of hydrogen-bond acceptors (Lipinski definition) is 3. The van der Waals surface area contributed by atoms with Crippen LogP contribution in [0.4, 0.5) is 5.69 Å². The van der Waals surface area contributed by atoms with E-state index in [-0.39, 0.29) is 11.3 Å². The number of nitrogens with one attached hydrogen (secondary N) is 2. The molecule has 0 aromatic carbocycles. The number of halogens is 1. The molecule has 5 heteroatoms. The Morgan fingerprint density at radius 2 is 2.50 bits per heavy atom. The molecule has 2 rings (SSSR count). The Kier molecular flexibility index (Phi) is 4.19. The molecule has 2 N–H and O–H groups in total. The number of hydrogen-bond donors (Lipinski definition) is 2. The lowest BCUT2D eigenvalue weighted by atomic mass is 9.81. The van der Waals surface area contributed by atoms with Gasteiger partial charge in [0.2, 0.25) is 5.91 Å². The fourth-order valence-corrected chi connectivity index (χ4v) is 2.64. The standard InChI is InChI=1S/C13H18ClN3O/c1-2-5-13(6-8-15-9-13)12(18)17-10-4-3-7-16-11(10)14/h3-4,7,15H,2,5-6,8-9H2,1H3,(H,17,18). The van der Waals surface area contributed by atoms with Crippen molar-refractivity contribution in [1.82, 2.24) is 10.3 Å². The molecule has 0 saturated carbocycles. The Hall–Kier alpha value is -1.13. The van der Waals surface area contributed by atoms with Gasteiger partial charge in [0.15, 0.2) is 5.15 Å². The molecule has 1 atom stereocenters. The third-order valence-electron chi connectivity index (χ3n) is 3.46. The highest BCUT2D eigenvalue weighted by molar-refractivity contribution is 6.32. The molecule has 2 heterocycles. The first-order valence-corrected chi connectivity index (χ1v) is 6.68. The lowest BCUT2D eigenvalue weighted by Gasteiger charge is -2.26. The smallest absolute Gasteiger partial charge is 0.232 e. The van der Waals surface area contributed by atoms with Gasteiger partial charge < -0.3 is 10.6 Å². The summed E-state index contributed by atoms with van der Waals surface area (Å²) in [4.78, 5) is 16.4. The van der Waals surface area contributed by atoms with Crippen LogP contribution in [0.25, 0.3) is 0 Å². The van der Waals surface area contributed by atoms with Gasteiger partial charge in [-0.05, 0) is 31.5 Å². The van der Waals surface area contributed by atoms with Crippen molar-refractivity contribution in [3.63, 3.8) is 0 Å². The van der Waals surface area contributed by atoms with Crippen LogP contribution >= 0.6 is 11.6 Å². The molecule has 1 aromatic heterocycles. The van der Waals surface area contributed by atoms with E-state index in [4.69, 9.17) is 11.6 Å². The molecular formula is C13H18ClN3O. The van der Waals surface area contributed by atoms with Crippen LogP contribution < -0.4 is 10.6 Å². The number of pyridine rings is 1. The topological polar surface area (TPSA) is 54.0 Å². The molecular weight excluding hydrogens is 250 g/mol. The zero-order valence-electron chi connectivity index (χ0n) is 10.5. The van der Waals surface area contributed by atoms with Crippen molar-refractivity contribution >= 4 is 23.2 Å².